The number of nitrogens with zero attached hydrogens (tertiary/aromatic N) is 3. The number of nitro groups is 1. The number of carbonyl (C=O) groups is 1. The summed E-state index contributed by atoms with van der Waals surface area (Å²) in [6.07, 6.45) is 4.01. The Morgan fingerprint density at radius 2 is 2.04 bits per heavy atom. The SMILES string of the molecule is N#C/C(=C\c1cc(Br)cc([N+](=O)[O-])c1O)C(=O)N1CCCCC1. The molecular formula is C15H14BrN3O4. The zero-order chi connectivity index (χ0) is 17.0. The van der Waals surface area contributed by atoms with Gasteiger partial charge in [-0.2, -0.15) is 5.26 Å². The second-order valence-electron chi connectivity index (χ2n) is 5.14. The number of phenolic OH excluding ortho intramolecular Hbond substituents is 1. The van der Waals surface area contributed by atoms with Gasteiger partial charge in [0.25, 0.3) is 5.91 Å². The Hall–Kier alpha value is -2.40. The normalized spacial score (nSPS) is 15.1. The van der Waals surface area contributed by atoms with Crippen molar-refractivity contribution in [1.29, 1.82) is 5.26 Å². The van der Waals surface area contributed by atoms with Gasteiger partial charge in [-0.15, -0.1) is 0 Å². The minimum absolute atomic E-state index is 0.0491. The second kappa shape index (κ2) is 7.24. The third kappa shape index (κ3) is 3.87. The van der Waals surface area contributed by atoms with Crippen molar-refractivity contribution >= 4 is 33.6 Å². The summed E-state index contributed by atoms with van der Waals surface area (Å²) in [4.78, 5) is 24.1. The molecule has 1 fully saturated rings. The molecule has 0 spiro atoms. The Labute approximate surface area is 141 Å². The maximum Gasteiger partial charge on any atom is 0.312 e. The highest BCUT2D eigenvalue weighted by atomic mass is 79.9. The Kier molecular flexibility index (Phi) is 5.34. The molecule has 2 rings (SSSR count). The average molecular weight is 380 g/mol. The van der Waals surface area contributed by atoms with Crippen LogP contribution >= 0.6 is 15.9 Å². The number of phenols is 1. The van der Waals surface area contributed by atoms with Crippen LogP contribution in [0.25, 0.3) is 6.08 Å². The predicted octanol–water partition coefficient (Wildman–Crippen LogP) is 2.98. The van der Waals surface area contributed by atoms with Gasteiger partial charge in [0, 0.05) is 29.2 Å². The van der Waals surface area contributed by atoms with Gasteiger partial charge in [0.15, 0.2) is 0 Å². The van der Waals surface area contributed by atoms with Crippen molar-refractivity contribution in [3.63, 3.8) is 0 Å². The van der Waals surface area contributed by atoms with Crippen LogP contribution < -0.4 is 0 Å². The number of nitro benzene ring substituents is 1. The first kappa shape index (κ1) is 17.0. The summed E-state index contributed by atoms with van der Waals surface area (Å²) in [5, 5.41) is 30.1. The maximum absolute atomic E-state index is 12.4. The fourth-order valence-corrected chi connectivity index (χ4v) is 2.88. The lowest BCUT2D eigenvalue weighted by Gasteiger charge is -2.26. The van der Waals surface area contributed by atoms with Crippen molar-refractivity contribution < 1.29 is 14.8 Å². The number of amides is 1. The van der Waals surface area contributed by atoms with Crippen molar-refractivity contribution in [1.82, 2.24) is 4.90 Å². The number of halogens is 1. The van der Waals surface area contributed by atoms with Gasteiger partial charge in [-0.05, 0) is 31.4 Å². The van der Waals surface area contributed by atoms with E-state index < -0.39 is 22.3 Å². The third-order valence-electron chi connectivity index (χ3n) is 3.57. The van der Waals surface area contributed by atoms with Crippen LogP contribution in [0.2, 0.25) is 0 Å². The molecule has 1 aromatic carbocycles. The Bertz CT molecular complexity index is 718. The topological polar surface area (TPSA) is 107 Å². The zero-order valence-electron chi connectivity index (χ0n) is 12.2. The summed E-state index contributed by atoms with van der Waals surface area (Å²) in [7, 11) is 0. The summed E-state index contributed by atoms with van der Waals surface area (Å²) in [6, 6.07) is 4.39. The lowest BCUT2D eigenvalue weighted by Crippen LogP contribution is -2.36. The molecule has 1 heterocycles. The van der Waals surface area contributed by atoms with Gasteiger partial charge < -0.3 is 10.0 Å². The van der Waals surface area contributed by atoms with Crippen LogP contribution in [-0.2, 0) is 4.79 Å². The van der Waals surface area contributed by atoms with Gasteiger partial charge in [-0.1, -0.05) is 15.9 Å². The number of likely N-dealkylation sites (tertiary alicyclic amines) is 1. The van der Waals surface area contributed by atoms with Crippen LogP contribution in [-0.4, -0.2) is 33.9 Å². The molecule has 0 aromatic heterocycles. The van der Waals surface area contributed by atoms with E-state index in [1.54, 1.807) is 4.90 Å². The lowest BCUT2D eigenvalue weighted by molar-refractivity contribution is -0.385. The molecule has 1 amide bonds. The largest absolute Gasteiger partial charge is 0.502 e. The molecule has 120 valence electrons. The first-order chi connectivity index (χ1) is 10.9. The minimum atomic E-state index is -0.726. The molecule has 1 saturated heterocycles. The molecule has 1 N–H and O–H groups in total. The van der Waals surface area contributed by atoms with E-state index in [9.17, 15) is 25.3 Å². The van der Waals surface area contributed by atoms with E-state index in [0.717, 1.165) is 25.3 Å². The molecule has 7 nitrogen and oxygen atoms in total. The quantitative estimate of drug-likeness (QED) is 0.375. The molecular weight excluding hydrogens is 366 g/mol. The molecule has 0 atom stereocenters. The number of nitriles is 1. The van der Waals surface area contributed by atoms with Crippen molar-refractivity contribution in [2.24, 2.45) is 0 Å². The average Bonchev–Trinajstić information content (AvgIpc) is 2.55. The molecule has 0 saturated carbocycles. The van der Waals surface area contributed by atoms with Crippen LogP contribution in [0.15, 0.2) is 22.2 Å². The summed E-state index contributed by atoms with van der Waals surface area (Å²) in [6.45, 7) is 1.17. The fourth-order valence-electron chi connectivity index (χ4n) is 2.42. The lowest BCUT2D eigenvalue weighted by atomic mass is 10.1. The third-order valence-corrected chi connectivity index (χ3v) is 4.03. The van der Waals surface area contributed by atoms with Crippen LogP contribution in [0.4, 0.5) is 5.69 Å². The predicted molar refractivity (Wildman–Crippen MR) is 86.5 cm³/mol. The smallest absolute Gasteiger partial charge is 0.312 e. The Morgan fingerprint density at radius 3 is 2.61 bits per heavy atom. The molecule has 1 aliphatic rings. The van der Waals surface area contributed by atoms with E-state index in [4.69, 9.17) is 0 Å². The molecule has 0 unspecified atom stereocenters. The molecule has 23 heavy (non-hydrogen) atoms. The molecule has 0 aliphatic carbocycles. The van der Waals surface area contributed by atoms with Gasteiger partial charge in [0.2, 0.25) is 5.75 Å². The van der Waals surface area contributed by atoms with Crippen molar-refractivity contribution in [2.75, 3.05) is 13.1 Å². The van der Waals surface area contributed by atoms with E-state index in [1.165, 1.54) is 12.1 Å². The zero-order valence-corrected chi connectivity index (χ0v) is 13.7. The first-order valence-electron chi connectivity index (χ1n) is 7.02. The summed E-state index contributed by atoms with van der Waals surface area (Å²) >= 11 is 3.12. The Morgan fingerprint density at radius 1 is 1.39 bits per heavy atom. The van der Waals surface area contributed by atoms with E-state index in [0.29, 0.717) is 17.6 Å². The van der Waals surface area contributed by atoms with Crippen LogP contribution in [0.3, 0.4) is 0 Å². The fraction of sp³-hybridized carbons (Fsp3) is 0.333. The number of hydrogen-bond donors (Lipinski definition) is 1. The van der Waals surface area contributed by atoms with Crippen LogP contribution in [0.1, 0.15) is 24.8 Å². The number of hydrogen-bond acceptors (Lipinski definition) is 5. The highest BCUT2D eigenvalue weighted by molar-refractivity contribution is 9.10. The van der Waals surface area contributed by atoms with Gasteiger partial charge >= 0.3 is 5.69 Å². The maximum atomic E-state index is 12.4. The van der Waals surface area contributed by atoms with Gasteiger partial charge in [0.1, 0.15) is 11.6 Å². The number of aromatic hydroxyl groups is 1. The van der Waals surface area contributed by atoms with E-state index in [-0.39, 0.29) is 11.1 Å². The number of benzene rings is 1. The minimum Gasteiger partial charge on any atom is -0.502 e. The van der Waals surface area contributed by atoms with E-state index in [1.807, 2.05) is 6.07 Å². The molecule has 1 aliphatic heterocycles. The first-order valence-corrected chi connectivity index (χ1v) is 7.81. The molecule has 8 heteroatoms. The van der Waals surface area contributed by atoms with Crippen molar-refractivity contribution in [2.45, 2.75) is 19.3 Å². The molecule has 1 aromatic rings. The van der Waals surface area contributed by atoms with Crippen LogP contribution in [0.5, 0.6) is 5.75 Å². The van der Waals surface area contributed by atoms with Gasteiger partial charge in [-0.25, -0.2) is 0 Å². The molecule has 0 bridgehead atoms. The second-order valence-corrected chi connectivity index (χ2v) is 6.06. The van der Waals surface area contributed by atoms with Crippen LogP contribution in [0, 0.1) is 21.4 Å². The van der Waals surface area contributed by atoms with Gasteiger partial charge in [0.05, 0.1) is 4.92 Å². The summed E-state index contributed by atoms with van der Waals surface area (Å²) in [5.74, 6) is -0.994. The highest BCUT2D eigenvalue weighted by Crippen LogP contribution is 2.34. The van der Waals surface area contributed by atoms with Gasteiger partial charge in [-0.3, -0.25) is 14.9 Å². The Balaban J connectivity index is 2.40. The number of rotatable bonds is 3. The van der Waals surface area contributed by atoms with Crippen molar-refractivity contribution in [3.05, 3.63) is 37.9 Å². The number of piperidine rings is 1. The van der Waals surface area contributed by atoms with E-state index >= 15 is 0 Å². The summed E-state index contributed by atoms with van der Waals surface area (Å²) < 4.78 is 0.371. The number of carbonyl (C=O) groups excluding carboxylic acids is 1. The standard InChI is InChI=1S/C15H14BrN3O4/c16-12-7-10(14(20)13(8-12)19(22)23)6-11(9-17)15(21)18-4-2-1-3-5-18/h6-8,20H,1-5H2/b11-6+. The highest BCUT2D eigenvalue weighted by Gasteiger charge is 2.22. The summed E-state index contributed by atoms with van der Waals surface area (Å²) in [5.41, 5.74) is -0.601. The molecule has 0 radical (unpaired) electrons. The monoisotopic (exact) mass is 379 g/mol. The van der Waals surface area contributed by atoms with Crippen molar-refractivity contribution in [3.8, 4) is 11.8 Å². The van der Waals surface area contributed by atoms with E-state index in [2.05, 4.69) is 15.9 Å².